The molecule has 2 heterocycles. The van der Waals surface area contributed by atoms with Crippen molar-refractivity contribution in [2.75, 3.05) is 5.43 Å². The quantitative estimate of drug-likeness (QED) is 0.618. The summed E-state index contributed by atoms with van der Waals surface area (Å²) in [6.45, 7) is 3.93. The molecule has 6 nitrogen and oxygen atoms in total. The summed E-state index contributed by atoms with van der Waals surface area (Å²) in [6.07, 6.45) is 1.51. The number of amides is 1. The second kappa shape index (κ2) is 7.23. The highest BCUT2D eigenvalue weighted by Crippen LogP contribution is 2.33. The number of aromatic nitrogens is 3. The van der Waals surface area contributed by atoms with Crippen LogP contribution in [-0.4, -0.2) is 20.3 Å². The maximum absolute atomic E-state index is 12.7. The minimum atomic E-state index is -0.373. The smallest absolute Gasteiger partial charge is 0.275 e. The molecule has 0 atom stereocenters. The molecular weight excluding hydrogens is 397 g/mol. The van der Waals surface area contributed by atoms with Gasteiger partial charge < -0.3 is 4.57 Å². The summed E-state index contributed by atoms with van der Waals surface area (Å²) in [4.78, 5) is 12.7. The number of hydrogen-bond donors (Lipinski definition) is 2. The average molecular weight is 413 g/mol. The van der Waals surface area contributed by atoms with Crippen LogP contribution in [0.3, 0.4) is 0 Å². The van der Waals surface area contributed by atoms with Crippen LogP contribution in [-0.2, 0) is 7.05 Å². The van der Waals surface area contributed by atoms with Crippen molar-refractivity contribution in [1.29, 1.82) is 0 Å². The summed E-state index contributed by atoms with van der Waals surface area (Å²) in [7, 11) is 1.78. The molecule has 26 heavy (non-hydrogen) atoms. The predicted molar refractivity (Wildman–Crippen MR) is 105 cm³/mol. The number of carbonyl (C=O) groups is 1. The molecule has 0 aliphatic carbocycles. The molecule has 0 aliphatic rings. The van der Waals surface area contributed by atoms with Crippen molar-refractivity contribution < 1.29 is 4.79 Å². The second-order valence-corrected chi connectivity index (χ2v) is 7.03. The van der Waals surface area contributed by atoms with E-state index in [0.29, 0.717) is 32.1 Å². The molecule has 2 N–H and O–H groups in total. The van der Waals surface area contributed by atoms with Crippen LogP contribution >= 0.6 is 34.8 Å². The van der Waals surface area contributed by atoms with Crippen LogP contribution in [0.1, 0.15) is 21.7 Å². The van der Waals surface area contributed by atoms with Crippen LogP contribution in [0.2, 0.25) is 15.1 Å². The molecule has 1 aromatic carbocycles. The van der Waals surface area contributed by atoms with E-state index in [1.807, 2.05) is 30.5 Å². The van der Waals surface area contributed by atoms with Crippen molar-refractivity contribution in [3.05, 3.63) is 62.5 Å². The lowest BCUT2D eigenvalue weighted by Crippen LogP contribution is -2.30. The number of hydrogen-bond acceptors (Lipinski definition) is 3. The average Bonchev–Trinajstić information content (AvgIpc) is 3.08. The molecule has 3 rings (SSSR count). The molecule has 0 radical (unpaired) electrons. The zero-order valence-electron chi connectivity index (χ0n) is 14.3. The van der Waals surface area contributed by atoms with Gasteiger partial charge >= 0.3 is 0 Å². The molecule has 0 aliphatic heterocycles. The van der Waals surface area contributed by atoms with E-state index in [0.717, 1.165) is 11.4 Å². The zero-order chi connectivity index (χ0) is 19.0. The topological polar surface area (TPSA) is 63.9 Å². The molecule has 9 heteroatoms. The Morgan fingerprint density at radius 1 is 1.08 bits per heavy atom. The number of carbonyl (C=O) groups excluding carboxylic acids is 1. The standard InChI is InChI=1S/C17H16Cl3N5O/c1-9-4-5-10(2)25(9)17-12(8-21-24(17)3)16(26)23-22-15-13(19)6-11(18)7-14(15)20/h4-8,22H,1-3H3,(H,23,26). The normalized spacial score (nSPS) is 10.8. The van der Waals surface area contributed by atoms with Gasteiger partial charge in [0, 0.05) is 23.5 Å². The summed E-state index contributed by atoms with van der Waals surface area (Å²) in [5.74, 6) is 0.292. The number of nitrogens with zero attached hydrogens (tertiary/aromatic N) is 3. The van der Waals surface area contributed by atoms with Gasteiger partial charge in [0.1, 0.15) is 11.4 Å². The highest BCUT2D eigenvalue weighted by atomic mass is 35.5. The number of rotatable bonds is 4. The molecule has 3 aromatic rings. The van der Waals surface area contributed by atoms with Gasteiger partial charge in [0.2, 0.25) is 0 Å². The highest BCUT2D eigenvalue weighted by Gasteiger charge is 2.20. The second-order valence-electron chi connectivity index (χ2n) is 5.78. The lowest BCUT2D eigenvalue weighted by Gasteiger charge is -2.14. The lowest BCUT2D eigenvalue weighted by molar-refractivity contribution is 0.0962. The Morgan fingerprint density at radius 3 is 2.23 bits per heavy atom. The Kier molecular flexibility index (Phi) is 5.18. The number of benzene rings is 1. The number of anilines is 1. The van der Waals surface area contributed by atoms with E-state index >= 15 is 0 Å². The lowest BCUT2D eigenvalue weighted by atomic mass is 10.3. The minimum absolute atomic E-state index is 0.298. The SMILES string of the molecule is Cc1ccc(C)n1-c1c(C(=O)NNc2c(Cl)cc(Cl)cc2Cl)cnn1C. The van der Waals surface area contributed by atoms with E-state index in [-0.39, 0.29) is 5.91 Å². The number of halogens is 3. The molecule has 1 amide bonds. The minimum Gasteiger partial charge on any atom is -0.303 e. The fourth-order valence-corrected chi connectivity index (χ4v) is 3.62. The van der Waals surface area contributed by atoms with Crippen LogP contribution in [0, 0.1) is 13.8 Å². The molecule has 0 bridgehead atoms. The molecule has 0 saturated carbocycles. The van der Waals surface area contributed by atoms with Crippen molar-refractivity contribution in [3.8, 4) is 5.82 Å². The first-order valence-corrected chi connectivity index (χ1v) is 8.81. The third kappa shape index (κ3) is 3.40. The van der Waals surface area contributed by atoms with Crippen molar-refractivity contribution in [3.63, 3.8) is 0 Å². The van der Waals surface area contributed by atoms with Gasteiger partial charge in [0.15, 0.2) is 0 Å². The van der Waals surface area contributed by atoms with Crippen molar-refractivity contribution in [1.82, 2.24) is 19.8 Å². The largest absolute Gasteiger partial charge is 0.303 e. The Balaban J connectivity index is 1.89. The third-order valence-corrected chi connectivity index (χ3v) is 4.76. The number of hydrazine groups is 1. The van der Waals surface area contributed by atoms with E-state index in [1.54, 1.807) is 11.7 Å². The first kappa shape index (κ1) is 18.6. The van der Waals surface area contributed by atoms with E-state index in [9.17, 15) is 4.79 Å². The first-order valence-electron chi connectivity index (χ1n) is 7.67. The number of aryl methyl sites for hydroxylation is 3. The van der Waals surface area contributed by atoms with Gasteiger partial charge in [0.25, 0.3) is 5.91 Å². The van der Waals surface area contributed by atoms with Gasteiger partial charge in [-0.2, -0.15) is 5.10 Å². The summed E-state index contributed by atoms with van der Waals surface area (Å²) >= 11 is 18.1. The Bertz CT molecular complexity index is 950. The van der Waals surface area contributed by atoms with Crippen molar-refractivity contribution in [2.45, 2.75) is 13.8 Å². The van der Waals surface area contributed by atoms with Gasteiger partial charge in [0.05, 0.1) is 21.9 Å². The fourth-order valence-electron chi connectivity index (χ4n) is 2.71. The third-order valence-electron chi connectivity index (χ3n) is 3.94. The van der Waals surface area contributed by atoms with Crippen LogP contribution < -0.4 is 10.9 Å². The molecule has 0 spiro atoms. The van der Waals surface area contributed by atoms with Gasteiger partial charge in [-0.1, -0.05) is 34.8 Å². The molecule has 0 unspecified atom stereocenters. The van der Waals surface area contributed by atoms with Crippen LogP contribution in [0.5, 0.6) is 0 Å². The van der Waals surface area contributed by atoms with E-state index < -0.39 is 0 Å². The fraction of sp³-hybridized carbons (Fsp3) is 0.176. The molecule has 136 valence electrons. The molecule has 2 aromatic heterocycles. The van der Waals surface area contributed by atoms with Gasteiger partial charge in [-0.05, 0) is 38.1 Å². The molecular formula is C17H16Cl3N5O. The van der Waals surface area contributed by atoms with Crippen LogP contribution in [0.15, 0.2) is 30.5 Å². The van der Waals surface area contributed by atoms with Gasteiger partial charge in [-0.3, -0.25) is 20.3 Å². The molecule has 0 fully saturated rings. The summed E-state index contributed by atoms with van der Waals surface area (Å²) in [6, 6.07) is 7.03. The summed E-state index contributed by atoms with van der Waals surface area (Å²) < 4.78 is 3.61. The van der Waals surface area contributed by atoms with Gasteiger partial charge in [-0.15, -0.1) is 0 Å². The van der Waals surface area contributed by atoms with Crippen molar-refractivity contribution in [2.24, 2.45) is 7.05 Å². The highest BCUT2D eigenvalue weighted by molar-refractivity contribution is 6.41. The number of nitrogens with one attached hydrogen (secondary N) is 2. The Morgan fingerprint density at radius 2 is 1.65 bits per heavy atom. The predicted octanol–water partition coefficient (Wildman–Crippen LogP) is 4.54. The monoisotopic (exact) mass is 411 g/mol. The van der Waals surface area contributed by atoms with Crippen LogP contribution in [0.25, 0.3) is 5.82 Å². The van der Waals surface area contributed by atoms with E-state index in [2.05, 4.69) is 16.0 Å². The van der Waals surface area contributed by atoms with E-state index in [4.69, 9.17) is 34.8 Å². The maximum atomic E-state index is 12.7. The first-order chi connectivity index (χ1) is 12.3. The zero-order valence-corrected chi connectivity index (χ0v) is 16.5. The Labute approximate surface area is 165 Å². The van der Waals surface area contributed by atoms with Crippen molar-refractivity contribution >= 4 is 46.4 Å². The summed E-state index contributed by atoms with van der Waals surface area (Å²) in [5.41, 5.74) is 8.12. The molecule has 0 saturated heterocycles. The summed E-state index contributed by atoms with van der Waals surface area (Å²) in [5, 5.41) is 5.22. The van der Waals surface area contributed by atoms with E-state index in [1.165, 1.54) is 18.3 Å². The maximum Gasteiger partial charge on any atom is 0.275 e. The Hall–Kier alpha value is -2.15. The van der Waals surface area contributed by atoms with Gasteiger partial charge in [-0.25, -0.2) is 0 Å². The van der Waals surface area contributed by atoms with Crippen LogP contribution in [0.4, 0.5) is 5.69 Å².